The molecular weight excluding hydrogens is 500 g/mol. The molecule has 0 saturated carbocycles. The second-order valence-electron chi connectivity index (χ2n) is 7.32. The molecule has 0 saturated heterocycles. The summed E-state index contributed by atoms with van der Waals surface area (Å²) in [5.74, 6) is 0.300. The van der Waals surface area contributed by atoms with E-state index in [1.165, 1.54) is 6.07 Å². The van der Waals surface area contributed by atoms with Crippen LogP contribution >= 0.6 is 15.9 Å². The van der Waals surface area contributed by atoms with Gasteiger partial charge in [0, 0.05) is 0 Å². The van der Waals surface area contributed by atoms with Crippen LogP contribution in [0.15, 0.2) is 53.0 Å². The first-order valence-electron chi connectivity index (χ1n) is 9.79. The van der Waals surface area contributed by atoms with Crippen LogP contribution in [-0.2, 0) is 12.7 Å². The van der Waals surface area contributed by atoms with Gasteiger partial charge in [-0.1, -0.05) is 0 Å². The number of rotatable bonds is 5. The van der Waals surface area contributed by atoms with Crippen LogP contribution in [0.4, 0.5) is 19.0 Å². The Morgan fingerprint density at radius 3 is 2.58 bits per heavy atom. The molecule has 0 aliphatic heterocycles. The fourth-order valence-electron chi connectivity index (χ4n) is 3.36. The molecule has 2 aromatic heterocycles. The van der Waals surface area contributed by atoms with Gasteiger partial charge in [-0.15, -0.1) is 0 Å². The molecule has 1 amide bonds. The van der Waals surface area contributed by atoms with Gasteiger partial charge in [0.2, 0.25) is 0 Å². The Morgan fingerprint density at radius 1 is 1.18 bits per heavy atom. The SMILES string of the molecule is COc1ccc(Cn2bnc(NC(=O)c3cc(C(F)(F)F)nc4ccc(Br)cc34)c2C)cc1. The Morgan fingerprint density at radius 2 is 1.91 bits per heavy atom. The molecule has 0 spiro atoms. The van der Waals surface area contributed by atoms with Crippen LogP contribution in [0.1, 0.15) is 27.3 Å². The van der Waals surface area contributed by atoms with Gasteiger partial charge in [-0.2, -0.15) is 0 Å². The summed E-state index contributed by atoms with van der Waals surface area (Å²) < 4.78 is 47.7. The Hall–Kier alpha value is -3.21. The van der Waals surface area contributed by atoms with Crippen LogP contribution in [0.2, 0.25) is 0 Å². The molecule has 168 valence electrons. The third-order valence-electron chi connectivity index (χ3n) is 5.15. The maximum atomic E-state index is 13.4. The van der Waals surface area contributed by atoms with Crippen molar-refractivity contribution in [2.24, 2.45) is 0 Å². The van der Waals surface area contributed by atoms with Crippen molar-refractivity contribution in [1.82, 2.24) is 14.3 Å². The van der Waals surface area contributed by atoms with Crippen molar-refractivity contribution in [3.63, 3.8) is 0 Å². The standard InChI is InChI=1S/C22H17BBrF3N4O2/c1-12-20(30-23-31(12)11-13-3-6-15(33-2)7-4-13)29-21(32)17-10-19(22(25,26)27)28-18-8-5-14(24)9-16(17)18/h3-10H,11H2,1-2H3,(H,29,32). The van der Waals surface area contributed by atoms with E-state index in [4.69, 9.17) is 4.74 Å². The van der Waals surface area contributed by atoms with E-state index < -0.39 is 17.8 Å². The number of carbonyl (C=O) groups is 1. The monoisotopic (exact) mass is 516 g/mol. The van der Waals surface area contributed by atoms with Gasteiger partial charge in [-0.25, -0.2) is 0 Å². The van der Waals surface area contributed by atoms with Gasteiger partial charge in [0.25, 0.3) is 0 Å². The molecule has 4 aromatic rings. The van der Waals surface area contributed by atoms with Crippen molar-refractivity contribution >= 4 is 45.8 Å². The minimum absolute atomic E-state index is 0.0694. The molecule has 0 radical (unpaired) electrons. The van der Waals surface area contributed by atoms with E-state index in [1.807, 2.05) is 28.7 Å². The predicted octanol–water partition coefficient (Wildman–Crippen LogP) is 5.17. The molecule has 2 heterocycles. The van der Waals surface area contributed by atoms with Crippen LogP contribution < -0.4 is 10.1 Å². The number of nitrogens with zero attached hydrogens (tertiary/aromatic N) is 3. The number of benzene rings is 2. The molecule has 4 rings (SSSR count). The van der Waals surface area contributed by atoms with Crippen LogP contribution in [0.5, 0.6) is 5.75 Å². The third-order valence-corrected chi connectivity index (χ3v) is 5.64. The number of aromatic nitrogens is 3. The average molecular weight is 517 g/mol. The van der Waals surface area contributed by atoms with Crippen molar-refractivity contribution < 1.29 is 22.7 Å². The number of alkyl halides is 3. The molecule has 2 aromatic carbocycles. The number of ether oxygens (including phenoxy) is 1. The molecule has 0 bridgehead atoms. The Balaban J connectivity index is 1.64. The van der Waals surface area contributed by atoms with Gasteiger partial charge >= 0.3 is 196 Å². The quantitative estimate of drug-likeness (QED) is 0.397. The first-order valence-corrected chi connectivity index (χ1v) is 10.6. The Kier molecular flexibility index (Phi) is 6.24. The number of amides is 1. The maximum absolute atomic E-state index is 13.4. The summed E-state index contributed by atoms with van der Waals surface area (Å²) in [7, 11) is 3.16. The van der Waals surface area contributed by atoms with Crippen molar-refractivity contribution in [3.8, 4) is 5.75 Å². The number of halogens is 4. The zero-order valence-electron chi connectivity index (χ0n) is 17.6. The van der Waals surface area contributed by atoms with Crippen LogP contribution in [-0.4, -0.2) is 34.6 Å². The number of hydrogen-bond acceptors (Lipinski definition) is 4. The predicted molar refractivity (Wildman–Crippen MR) is 123 cm³/mol. The van der Waals surface area contributed by atoms with E-state index in [0.717, 1.165) is 17.4 Å². The van der Waals surface area contributed by atoms with Crippen molar-refractivity contribution in [3.05, 3.63) is 75.5 Å². The van der Waals surface area contributed by atoms with Gasteiger partial charge in [-0.3, -0.25) is 0 Å². The number of anilines is 1. The number of fused-ring (bicyclic) bond motifs is 1. The number of carbonyl (C=O) groups excluding carboxylic acids is 1. The number of nitrogens with one attached hydrogen (secondary N) is 1. The zero-order chi connectivity index (χ0) is 23.8. The molecule has 0 fully saturated rings. The molecule has 0 atom stereocenters. The van der Waals surface area contributed by atoms with Crippen LogP contribution in [0.3, 0.4) is 0 Å². The van der Waals surface area contributed by atoms with Gasteiger partial charge in [-0.05, 0) is 0 Å². The van der Waals surface area contributed by atoms with E-state index >= 15 is 0 Å². The van der Waals surface area contributed by atoms with Crippen molar-refractivity contribution in [1.29, 1.82) is 0 Å². The molecule has 0 aliphatic rings. The molecule has 33 heavy (non-hydrogen) atoms. The first kappa shape index (κ1) is 23.0. The van der Waals surface area contributed by atoms with Gasteiger partial charge in [0.15, 0.2) is 0 Å². The van der Waals surface area contributed by atoms with Crippen LogP contribution in [0, 0.1) is 6.92 Å². The molecule has 11 heteroatoms. The van der Waals surface area contributed by atoms with Gasteiger partial charge in [0.05, 0.1) is 0 Å². The molecule has 6 nitrogen and oxygen atoms in total. The van der Waals surface area contributed by atoms with E-state index in [1.54, 1.807) is 33.4 Å². The fraction of sp³-hybridized carbons (Fsp3) is 0.182. The third kappa shape index (κ3) is 4.92. The van der Waals surface area contributed by atoms with E-state index in [9.17, 15) is 18.0 Å². The van der Waals surface area contributed by atoms with Crippen molar-refractivity contribution in [2.45, 2.75) is 19.6 Å². The molecular formula is C22H17BBrF3N4O2. The Labute approximate surface area is 196 Å². The van der Waals surface area contributed by atoms with Crippen molar-refractivity contribution in [2.75, 3.05) is 12.4 Å². The number of methoxy groups -OCH3 is 1. The molecule has 0 unspecified atom stereocenters. The number of pyridine rings is 1. The summed E-state index contributed by atoms with van der Waals surface area (Å²) >= 11 is 3.29. The summed E-state index contributed by atoms with van der Waals surface area (Å²) in [4.78, 5) is 20.9. The average Bonchev–Trinajstić information content (AvgIpc) is 3.11. The zero-order valence-corrected chi connectivity index (χ0v) is 19.2. The summed E-state index contributed by atoms with van der Waals surface area (Å²) in [5.41, 5.74) is 0.450. The summed E-state index contributed by atoms with van der Waals surface area (Å²) in [6.45, 7) is 2.27. The van der Waals surface area contributed by atoms with E-state index in [0.29, 0.717) is 22.1 Å². The summed E-state index contributed by atoms with van der Waals surface area (Å²) in [6, 6.07) is 12.8. The second-order valence-corrected chi connectivity index (χ2v) is 8.24. The Bertz CT molecular complexity index is 1340. The molecule has 1 N–H and O–H groups in total. The normalized spacial score (nSPS) is 11.5. The van der Waals surface area contributed by atoms with Crippen LogP contribution in [0.25, 0.3) is 10.9 Å². The minimum atomic E-state index is -4.69. The summed E-state index contributed by atoms with van der Waals surface area (Å²) in [6.07, 6.45) is -4.69. The topological polar surface area (TPSA) is 69.0 Å². The van der Waals surface area contributed by atoms with E-state index in [2.05, 4.69) is 31.1 Å². The van der Waals surface area contributed by atoms with Gasteiger partial charge in [0.1, 0.15) is 0 Å². The fourth-order valence-corrected chi connectivity index (χ4v) is 3.72. The number of hydrogen-bond donors (Lipinski definition) is 1. The molecule has 0 aliphatic carbocycles. The summed E-state index contributed by atoms with van der Waals surface area (Å²) in [5, 5.41) is 2.94. The van der Waals surface area contributed by atoms with Gasteiger partial charge < -0.3 is 0 Å². The first-order chi connectivity index (χ1) is 15.7. The van der Waals surface area contributed by atoms with E-state index in [-0.39, 0.29) is 16.9 Å². The second kappa shape index (κ2) is 8.97.